The number of benzene rings is 1. The standard InChI is InChI=1S/C30H43NO4/c1-3-8-25(9-4-1)28-21-23-18-24(22-28)20-26(19-23)30(28)33-29(34-35-30)12-10-27(11-13-29)32-17-7-16-31-14-5-2-6-15-31/h1,3-4,8-9,23-24,26-27H,2,5-7,10-22H2. The fourth-order valence-electron chi connectivity index (χ4n) is 9.03. The fraction of sp³-hybridized carbons (Fsp3) is 0.800. The molecule has 7 aliphatic rings. The van der Waals surface area contributed by atoms with Crippen molar-refractivity contribution in [1.29, 1.82) is 0 Å². The van der Waals surface area contributed by atoms with Crippen LogP contribution in [0.2, 0.25) is 0 Å². The van der Waals surface area contributed by atoms with Crippen LogP contribution in [0.5, 0.6) is 0 Å². The highest BCUT2D eigenvalue weighted by Gasteiger charge is 2.73. The predicted octanol–water partition coefficient (Wildman–Crippen LogP) is 5.97. The molecular formula is C30H43NO4. The molecule has 35 heavy (non-hydrogen) atoms. The van der Waals surface area contributed by atoms with Gasteiger partial charge in [0.05, 0.1) is 11.5 Å². The minimum atomic E-state index is -0.621. The maximum absolute atomic E-state index is 7.16. The summed E-state index contributed by atoms with van der Waals surface area (Å²) in [5.74, 6) is 0.832. The summed E-state index contributed by atoms with van der Waals surface area (Å²) in [5, 5.41) is 0. The first-order chi connectivity index (χ1) is 17.2. The van der Waals surface area contributed by atoms with E-state index in [1.165, 1.54) is 76.6 Å². The smallest absolute Gasteiger partial charge is 0.217 e. The normalized spacial score (nSPS) is 45.0. The number of hydrogen-bond acceptors (Lipinski definition) is 5. The molecule has 5 heteroatoms. The number of likely N-dealkylation sites (tertiary alicyclic amines) is 1. The molecule has 1 aromatic rings. The SMILES string of the molecule is c1ccc(C23CC4CC(CC(C4)C24OOC2(CCC(OCCCN5CCCCC5)CC2)O4)C3)cc1. The number of hydrogen-bond donors (Lipinski definition) is 0. The van der Waals surface area contributed by atoms with E-state index in [4.69, 9.17) is 19.2 Å². The van der Waals surface area contributed by atoms with Crippen LogP contribution in [0.15, 0.2) is 30.3 Å². The highest BCUT2D eigenvalue weighted by molar-refractivity contribution is 5.34. The molecule has 0 N–H and O–H groups in total. The highest BCUT2D eigenvalue weighted by atomic mass is 17.3. The van der Waals surface area contributed by atoms with Gasteiger partial charge in [0.2, 0.25) is 11.6 Å². The van der Waals surface area contributed by atoms with E-state index in [2.05, 4.69) is 35.2 Å². The van der Waals surface area contributed by atoms with Gasteiger partial charge in [0, 0.05) is 31.9 Å². The van der Waals surface area contributed by atoms with Crippen LogP contribution in [-0.2, 0) is 24.7 Å². The van der Waals surface area contributed by atoms with Crippen molar-refractivity contribution < 1.29 is 19.2 Å². The summed E-state index contributed by atoms with van der Waals surface area (Å²) in [7, 11) is 0. The van der Waals surface area contributed by atoms with E-state index in [1.807, 2.05) is 0 Å². The largest absolute Gasteiger partial charge is 0.378 e. The van der Waals surface area contributed by atoms with Crippen molar-refractivity contribution in [2.75, 3.05) is 26.2 Å². The Labute approximate surface area is 210 Å². The van der Waals surface area contributed by atoms with Gasteiger partial charge in [0.1, 0.15) is 0 Å². The first kappa shape index (κ1) is 23.2. The minimum absolute atomic E-state index is 0.0751. The Balaban J connectivity index is 1.01. The molecular weight excluding hydrogens is 438 g/mol. The lowest BCUT2D eigenvalue weighted by Gasteiger charge is -2.64. The van der Waals surface area contributed by atoms with E-state index in [1.54, 1.807) is 0 Å². The van der Waals surface area contributed by atoms with Crippen molar-refractivity contribution in [3.05, 3.63) is 35.9 Å². The Hall–Kier alpha value is -0.980. The molecule has 0 radical (unpaired) electrons. The molecule has 192 valence electrons. The van der Waals surface area contributed by atoms with Gasteiger partial charge in [-0.1, -0.05) is 36.8 Å². The van der Waals surface area contributed by atoms with Gasteiger partial charge in [0.15, 0.2) is 0 Å². The monoisotopic (exact) mass is 481 g/mol. The summed E-state index contributed by atoms with van der Waals surface area (Å²) in [4.78, 5) is 15.4. The van der Waals surface area contributed by atoms with Crippen LogP contribution in [0.3, 0.4) is 0 Å². The third-order valence-corrected chi connectivity index (χ3v) is 10.5. The van der Waals surface area contributed by atoms with Crippen molar-refractivity contribution in [2.24, 2.45) is 17.8 Å². The average Bonchev–Trinajstić information content (AvgIpc) is 3.27. The summed E-state index contributed by atoms with van der Waals surface area (Å²) >= 11 is 0. The van der Waals surface area contributed by atoms with Crippen molar-refractivity contribution >= 4 is 0 Å². The molecule has 3 atom stereocenters. The van der Waals surface area contributed by atoms with Crippen molar-refractivity contribution in [1.82, 2.24) is 4.90 Å². The molecule has 2 spiro atoms. The number of ether oxygens (including phenoxy) is 2. The molecule has 3 unspecified atom stereocenters. The van der Waals surface area contributed by atoms with Gasteiger partial charge >= 0.3 is 0 Å². The van der Waals surface area contributed by atoms with E-state index in [-0.39, 0.29) is 5.41 Å². The summed E-state index contributed by atoms with van der Waals surface area (Å²) in [5.41, 5.74) is 1.32. The number of piperidine rings is 1. The third kappa shape index (κ3) is 3.92. The first-order valence-corrected chi connectivity index (χ1v) is 14.7. The second kappa shape index (κ2) is 9.09. The molecule has 2 heterocycles. The first-order valence-electron chi connectivity index (χ1n) is 14.7. The maximum atomic E-state index is 7.16. The van der Waals surface area contributed by atoms with Crippen molar-refractivity contribution in [2.45, 2.75) is 107 Å². The van der Waals surface area contributed by atoms with E-state index in [0.29, 0.717) is 12.0 Å². The van der Waals surface area contributed by atoms with Crippen LogP contribution in [0.25, 0.3) is 0 Å². The lowest BCUT2D eigenvalue weighted by molar-refractivity contribution is -0.396. The van der Waals surface area contributed by atoms with Crippen LogP contribution >= 0.6 is 0 Å². The van der Waals surface area contributed by atoms with E-state index >= 15 is 0 Å². The fourth-order valence-corrected chi connectivity index (χ4v) is 9.03. The summed E-state index contributed by atoms with van der Waals surface area (Å²) in [6.45, 7) is 4.60. The third-order valence-electron chi connectivity index (χ3n) is 10.5. The quantitative estimate of drug-likeness (QED) is 0.370. The van der Waals surface area contributed by atoms with E-state index < -0.39 is 11.6 Å². The lowest BCUT2D eigenvalue weighted by Crippen LogP contribution is -2.68. The Morgan fingerprint density at radius 3 is 2.37 bits per heavy atom. The summed E-state index contributed by atoms with van der Waals surface area (Å²) in [6.07, 6.45) is 15.5. The zero-order valence-electron chi connectivity index (χ0n) is 21.3. The topological polar surface area (TPSA) is 40.2 Å². The maximum Gasteiger partial charge on any atom is 0.217 e. The Bertz CT molecular complexity index is 864. The average molecular weight is 482 g/mol. The molecule has 5 aliphatic carbocycles. The Morgan fingerprint density at radius 2 is 1.63 bits per heavy atom. The van der Waals surface area contributed by atoms with Crippen LogP contribution < -0.4 is 0 Å². The van der Waals surface area contributed by atoms with Gasteiger partial charge < -0.3 is 14.4 Å². The van der Waals surface area contributed by atoms with E-state index in [9.17, 15) is 0 Å². The molecule has 5 saturated carbocycles. The molecule has 4 bridgehead atoms. The van der Waals surface area contributed by atoms with Crippen LogP contribution in [0.1, 0.15) is 89.0 Å². The molecule has 2 saturated heterocycles. The molecule has 0 aromatic heterocycles. The van der Waals surface area contributed by atoms with Gasteiger partial charge in [-0.3, -0.25) is 0 Å². The van der Waals surface area contributed by atoms with Crippen LogP contribution in [0.4, 0.5) is 0 Å². The number of rotatable bonds is 6. The molecule has 2 aliphatic heterocycles. The van der Waals surface area contributed by atoms with Gasteiger partial charge in [-0.15, -0.1) is 0 Å². The zero-order valence-corrected chi connectivity index (χ0v) is 21.3. The summed E-state index contributed by atoms with van der Waals surface area (Å²) in [6, 6.07) is 11.1. The van der Waals surface area contributed by atoms with Gasteiger partial charge in [-0.05, 0) is 94.7 Å². The molecule has 0 amide bonds. The Morgan fingerprint density at radius 1 is 0.886 bits per heavy atom. The van der Waals surface area contributed by atoms with Gasteiger partial charge in [0.25, 0.3) is 0 Å². The van der Waals surface area contributed by atoms with Crippen LogP contribution in [-0.4, -0.2) is 48.8 Å². The molecule has 1 aromatic carbocycles. The minimum Gasteiger partial charge on any atom is -0.378 e. The van der Waals surface area contributed by atoms with Gasteiger partial charge in [-0.2, -0.15) is 9.78 Å². The second-order valence-corrected chi connectivity index (χ2v) is 12.7. The van der Waals surface area contributed by atoms with E-state index in [0.717, 1.165) is 50.5 Å². The number of nitrogens with zero attached hydrogens (tertiary/aromatic N) is 1. The molecule has 5 nitrogen and oxygen atoms in total. The second-order valence-electron chi connectivity index (χ2n) is 12.7. The van der Waals surface area contributed by atoms with Crippen molar-refractivity contribution in [3.8, 4) is 0 Å². The van der Waals surface area contributed by atoms with Crippen LogP contribution in [0, 0.1) is 17.8 Å². The molecule has 7 fully saturated rings. The Kier molecular flexibility index (Phi) is 6.02. The highest BCUT2D eigenvalue weighted by Crippen LogP contribution is 2.69. The molecule has 8 rings (SSSR count). The summed E-state index contributed by atoms with van der Waals surface area (Å²) < 4.78 is 13.5. The zero-order chi connectivity index (χ0) is 23.3. The lowest BCUT2D eigenvalue weighted by atomic mass is 9.45. The van der Waals surface area contributed by atoms with Gasteiger partial charge in [-0.25, -0.2) is 0 Å². The predicted molar refractivity (Wildman–Crippen MR) is 134 cm³/mol. The van der Waals surface area contributed by atoms with Crippen molar-refractivity contribution in [3.63, 3.8) is 0 Å².